The van der Waals surface area contributed by atoms with Crippen molar-refractivity contribution in [2.24, 2.45) is 5.73 Å². The van der Waals surface area contributed by atoms with Gasteiger partial charge in [-0.1, -0.05) is 13.3 Å². The van der Waals surface area contributed by atoms with Crippen LogP contribution in [-0.4, -0.2) is 26.9 Å². The SMILES string of the molecule is CCCC1C(N)c2cc3c(cc2S1(=O)=O)OCCO3. The fourth-order valence-electron chi connectivity index (χ4n) is 2.77. The van der Waals surface area contributed by atoms with Crippen molar-refractivity contribution in [3.8, 4) is 11.5 Å². The second kappa shape index (κ2) is 4.38. The molecular formula is C13H17NO4S. The first-order valence-corrected chi connectivity index (χ1v) is 8.03. The van der Waals surface area contributed by atoms with Gasteiger partial charge in [0.25, 0.3) is 0 Å². The average Bonchev–Trinajstić information content (AvgIpc) is 2.58. The van der Waals surface area contributed by atoms with Crippen LogP contribution in [0.5, 0.6) is 11.5 Å². The van der Waals surface area contributed by atoms with E-state index in [-0.39, 0.29) is 0 Å². The molecule has 1 aromatic rings. The lowest BCUT2D eigenvalue weighted by Crippen LogP contribution is -2.26. The summed E-state index contributed by atoms with van der Waals surface area (Å²) in [6.07, 6.45) is 1.36. The predicted molar refractivity (Wildman–Crippen MR) is 70.2 cm³/mol. The second-order valence-electron chi connectivity index (χ2n) is 4.93. The standard InChI is InChI=1S/C13H17NO4S/c1-2-3-11-13(14)8-6-9-10(18-5-4-17-9)7-12(8)19(11,15)16/h6-7,11,13H,2-5,14H2,1H3. The van der Waals surface area contributed by atoms with Crippen molar-refractivity contribution in [2.45, 2.75) is 36.0 Å². The molecule has 0 bridgehead atoms. The Bertz CT molecular complexity index is 611. The van der Waals surface area contributed by atoms with Crippen LogP contribution in [0.3, 0.4) is 0 Å². The average molecular weight is 283 g/mol. The van der Waals surface area contributed by atoms with Crippen molar-refractivity contribution in [1.82, 2.24) is 0 Å². The Balaban J connectivity index is 2.14. The molecule has 1 aromatic carbocycles. The maximum absolute atomic E-state index is 12.5. The van der Waals surface area contributed by atoms with Gasteiger partial charge in [0.05, 0.1) is 10.1 Å². The minimum Gasteiger partial charge on any atom is -0.486 e. The lowest BCUT2D eigenvalue weighted by molar-refractivity contribution is 0.171. The number of sulfone groups is 1. The molecule has 5 nitrogen and oxygen atoms in total. The third-order valence-electron chi connectivity index (χ3n) is 3.71. The molecule has 0 saturated carbocycles. The maximum Gasteiger partial charge on any atom is 0.183 e. The van der Waals surface area contributed by atoms with Gasteiger partial charge < -0.3 is 15.2 Å². The highest BCUT2D eigenvalue weighted by Crippen LogP contribution is 2.45. The molecule has 2 aliphatic rings. The Morgan fingerprint density at radius 2 is 1.89 bits per heavy atom. The molecule has 3 rings (SSSR count). The fraction of sp³-hybridized carbons (Fsp3) is 0.538. The Hall–Kier alpha value is -1.27. The number of nitrogens with two attached hydrogens (primary N) is 1. The maximum atomic E-state index is 12.5. The van der Waals surface area contributed by atoms with Crippen LogP contribution in [0.25, 0.3) is 0 Å². The number of hydrogen-bond acceptors (Lipinski definition) is 5. The van der Waals surface area contributed by atoms with Crippen LogP contribution in [0.2, 0.25) is 0 Å². The zero-order chi connectivity index (χ0) is 13.6. The molecule has 0 spiro atoms. The van der Waals surface area contributed by atoms with Crippen LogP contribution in [0.4, 0.5) is 0 Å². The molecule has 2 aliphatic heterocycles. The zero-order valence-corrected chi connectivity index (χ0v) is 11.6. The summed E-state index contributed by atoms with van der Waals surface area (Å²) in [5.41, 5.74) is 6.77. The van der Waals surface area contributed by atoms with Gasteiger partial charge in [-0.2, -0.15) is 0 Å². The Labute approximate surface area is 112 Å². The Morgan fingerprint density at radius 1 is 1.26 bits per heavy atom. The zero-order valence-electron chi connectivity index (χ0n) is 10.8. The molecule has 0 radical (unpaired) electrons. The summed E-state index contributed by atoms with van der Waals surface area (Å²) in [6.45, 7) is 2.88. The molecule has 2 N–H and O–H groups in total. The van der Waals surface area contributed by atoms with Crippen LogP contribution >= 0.6 is 0 Å². The van der Waals surface area contributed by atoms with Crippen LogP contribution < -0.4 is 15.2 Å². The number of benzene rings is 1. The number of rotatable bonds is 2. The number of ether oxygens (including phenoxy) is 2. The van der Waals surface area contributed by atoms with Gasteiger partial charge in [-0.25, -0.2) is 8.42 Å². The molecular weight excluding hydrogens is 266 g/mol. The summed E-state index contributed by atoms with van der Waals surface area (Å²) < 4.78 is 35.9. The highest BCUT2D eigenvalue weighted by Gasteiger charge is 2.43. The molecule has 2 heterocycles. The third kappa shape index (κ3) is 1.81. The molecule has 19 heavy (non-hydrogen) atoms. The van der Waals surface area contributed by atoms with E-state index < -0.39 is 21.1 Å². The van der Waals surface area contributed by atoms with Crippen molar-refractivity contribution in [1.29, 1.82) is 0 Å². The monoisotopic (exact) mass is 283 g/mol. The lowest BCUT2D eigenvalue weighted by atomic mass is 10.0. The summed E-state index contributed by atoms with van der Waals surface area (Å²) in [4.78, 5) is 0.308. The predicted octanol–water partition coefficient (Wildman–Crippen LogP) is 1.41. The van der Waals surface area contributed by atoms with E-state index in [9.17, 15) is 8.42 Å². The van der Waals surface area contributed by atoms with E-state index >= 15 is 0 Å². The van der Waals surface area contributed by atoms with E-state index in [1.165, 1.54) is 0 Å². The summed E-state index contributed by atoms with van der Waals surface area (Å²) >= 11 is 0. The summed E-state index contributed by atoms with van der Waals surface area (Å²) in [5.74, 6) is 1.09. The van der Waals surface area contributed by atoms with Crippen LogP contribution in [0.1, 0.15) is 31.4 Å². The highest BCUT2D eigenvalue weighted by molar-refractivity contribution is 7.92. The molecule has 0 amide bonds. The smallest absolute Gasteiger partial charge is 0.183 e. The van der Waals surface area contributed by atoms with Gasteiger partial charge in [0, 0.05) is 12.1 Å². The molecule has 6 heteroatoms. The molecule has 104 valence electrons. The van der Waals surface area contributed by atoms with Crippen molar-refractivity contribution < 1.29 is 17.9 Å². The van der Waals surface area contributed by atoms with Gasteiger partial charge in [0.15, 0.2) is 21.3 Å². The lowest BCUT2D eigenvalue weighted by Gasteiger charge is -2.19. The van der Waals surface area contributed by atoms with E-state index in [4.69, 9.17) is 15.2 Å². The first kappa shape index (κ1) is 12.7. The summed E-state index contributed by atoms with van der Waals surface area (Å²) in [6, 6.07) is 2.81. The van der Waals surface area contributed by atoms with Gasteiger partial charge >= 0.3 is 0 Å². The van der Waals surface area contributed by atoms with E-state index in [0.717, 1.165) is 6.42 Å². The van der Waals surface area contributed by atoms with E-state index in [1.54, 1.807) is 12.1 Å². The van der Waals surface area contributed by atoms with Gasteiger partial charge in [0.2, 0.25) is 0 Å². The van der Waals surface area contributed by atoms with Crippen LogP contribution in [0, 0.1) is 0 Å². The molecule has 0 fully saturated rings. The van der Waals surface area contributed by atoms with Gasteiger partial charge in [-0.15, -0.1) is 0 Å². The number of fused-ring (bicyclic) bond motifs is 2. The van der Waals surface area contributed by atoms with Gasteiger partial charge in [-0.05, 0) is 18.1 Å². The minimum atomic E-state index is -3.35. The third-order valence-corrected chi connectivity index (χ3v) is 6.01. The van der Waals surface area contributed by atoms with E-state index in [2.05, 4.69) is 0 Å². The quantitative estimate of drug-likeness (QED) is 0.888. The Kier molecular flexibility index (Phi) is 2.94. The molecule has 0 aromatic heterocycles. The normalized spacial score (nSPS) is 27.1. The topological polar surface area (TPSA) is 78.6 Å². The van der Waals surface area contributed by atoms with Crippen LogP contribution in [-0.2, 0) is 9.84 Å². The summed E-state index contributed by atoms with van der Waals surface area (Å²) in [7, 11) is -3.35. The van der Waals surface area contributed by atoms with Crippen molar-refractivity contribution in [3.05, 3.63) is 17.7 Å². The molecule has 0 aliphatic carbocycles. The van der Waals surface area contributed by atoms with Crippen molar-refractivity contribution in [2.75, 3.05) is 13.2 Å². The summed E-state index contributed by atoms with van der Waals surface area (Å²) in [5, 5.41) is -0.531. The van der Waals surface area contributed by atoms with E-state index in [1.807, 2.05) is 6.92 Å². The second-order valence-corrected chi connectivity index (χ2v) is 7.07. The van der Waals surface area contributed by atoms with E-state index in [0.29, 0.717) is 41.6 Å². The van der Waals surface area contributed by atoms with Crippen molar-refractivity contribution >= 4 is 9.84 Å². The van der Waals surface area contributed by atoms with Crippen molar-refractivity contribution in [3.63, 3.8) is 0 Å². The Morgan fingerprint density at radius 3 is 2.53 bits per heavy atom. The molecule has 2 atom stereocenters. The van der Waals surface area contributed by atoms with Gasteiger partial charge in [-0.3, -0.25) is 0 Å². The molecule has 2 unspecified atom stereocenters. The first-order valence-electron chi connectivity index (χ1n) is 6.48. The largest absolute Gasteiger partial charge is 0.486 e. The van der Waals surface area contributed by atoms with Gasteiger partial charge in [0.1, 0.15) is 13.2 Å². The van der Waals surface area contributed by atoms with Crippen LogP contribution in [0.15, 0.2) is 17.0 Å². The fourth-order valence-corrected chi connectivity index (χ4v) is 4.97. The minimum absolute atomic E-state index is 0.308. The first-order chi connectivity index (χ1) is 9.05. The number of hydrogen-bond donors (Lipinski definition) is 1. The highest BCUT2D eigenvalue weighted by atomic mass is 32.2. The molecule has 0 saturated heterocycles.